The van der Waals surface area contributed by atoms with Crippen molar-refractivity contribution in [1.82, 2.24) is 4.98 Å². The van der Waals surface area contributed by atoms with Gasteiger partial charge >= 0.3 is 0 Å². The van der Waals surface area contributed by atoms with Gasteiger partial charge < -0.3 is 10.5 Å². The zero-order valence-electron chi connectivity index (χ0n) is 6.81. The molecule has 1 aromatic heterocycles. The molecule has 0 bridgehead atoms. The van der Waals surface area contributed by atoms with E-state index in [1.54, 1.807) is 0 Å². The topological polar surface area (TPSA) is 48.1 Å². The average Bonchev–Trinajstić information content (AvgIpc) is 2.08. The molecular formula is C7H6F4N2O. The molecule has 0 unspecified atom stereocenters. The maximum absolute atomic E-state index is 12.9. The summed E-state index contributed by atoms with van der Waals surface area (Å²) >= 11 is 0. The third kappa shape index (κ3) is 2.48. The lowest BCUT2D eigenvalue weighted by Gasteiger charge is -2.07. The Morgan fingerprint density at radius 1 is 1.43 bits per heavy atom. The van der Waals surface area contributed by atoms with Gasteiger partial charge in [-0.1, -0.05) is 0 Å². The van der Waals surface area contributed by atoms with E-state index in [2.05, 4.69) is 9.72 Å². The summed E-state index contributed by atoms with van der Waals surface area (Å²) in [5.41, 5.74) is 4.93. The van der Waals surface area contributed by atoms with Gasteiger partial charge in [-0.2, -0.15) is 13.8 Å². The van der Waals surface area contributed by atoms with Crippen molar-refractivity contribution in [3.63, 3.8) is 0 Å². The summed E-state index contributed by atoms with van der Waals surface area (Å²) < 4.78 is 53.0. The number of halogens is 4. The average molecular weight is 210 g/mol. The van der Waals surface area contributed by atoms with Crippen LogP contribution in [0, 0.1) is 11.8 Å². The largest absolute Gasteiger partial charge is 0.484 e. The molecule has 0 aliphatic carbocycles. The molecule has 0 amide bonds. The SMILES string of the molecule is Nc1nc(F)cc(OCC(F)F)c1F. The molecular weight excluding hydrogens is 204 g/mol. The molecule has 3 nitrogen and oxygen atoms in total. The molecule has 0 spiro atoms. The number of nitrogens with zero attached hydrogens (tertiary/aromatic N) is 1. The van der Waals surface area contributed by atoms with Gasteiger partial charge in [0.2, 0.25) is 11.8 Å². The van der Waals surface area contributed by atoms with E-state index in [-0.39, 0.29) is 0 Å². The van der Waals surface area contributed by atoms with Crippen LogP contribution in [-0.4, -0.2) is 18.0 Å². The van der Waals surface area contributed by atoms with Crippen LogP contribution in [-0.2, 0) is 0 Å². The molecule has 14 heavy (non-hydrogen) atoms. The van der Waals surface area contributed by atoms with Crippen molar-refractivity contribution in [1.29, 1.82) is 0 Å². The molecule has 0 saturated carbocycles. The van der Waals surface area contributed by atoms with Crippen molar-refractivity contribution >= 4 is 5.82 Å². The molecule has 78 valence electrons. The lowest BCUT2D eigenvalue weighted by molar-refractivity contribution is 0.0796. The number of hydrogen-bond acceptors (Lipinski definition) is 3. The Morgan fingerprint density at radius 2 is 2.07 bits per heavy atom. The Labute approximate surface area is 76.5 Å². The van der Waals surface area contributed by atoms with E-state index in [1.165, 1.54) is 0 Å². The van der Waals surface area contributed by atoms with Gasteiger partial charge in [0.15, 0.2) is 11.6 Å². The summed E-state index contributed by atoms with van der Waals surface area (Å²) in [7, 11) is 0. The summed E-state index contributed by atoms with van der Waals surface area (Å²) in [6.07, 6.45) is -2.77. The van der Waals surface area contributed by atoms with Crippen LogP contribution in [0.15, 0.2) is 6.07 Å². The summed E-state index contributed by atoms with van der Waals surface area (Å²) in [6, 6.07) is 0.550. The molecule has 0 aliphatic rings. The van der Waals surface area contributed by atoms with Crippen LogP contribution in [0.4, 0.5) is 23.4 Å². The zero-order valence-corrected chi connectivity index (χ0v) is 6.81. The van der Waals surface area contributed by atoms with Gasteiger partial charge in [-0.3, -0.25) is 0 Å². The zero-order chi connectivity index (χ0) is 10.7. The fourth-order valence-corrected chi connectivity index (χ4v) is 0.752. The number of alkyl halides is 2. The molecule has 1 aromatic rings. The smallest absolute Gasteiger partial charge is 0.272 e. The van der Waals surface area contributed by atoms with Crippen molar-refractivity contribution in [2.24, 2.45) is 0 Å². The first kappa shape index (κ1) is 10.6. The Bertz CT molecular complexity index is 332. The van der Waals surface area contributed by atoms with Crippen molar-refractivity contribution in [2.45, 2.75) is 6.43 Å². The first-order valence-corrected chi connectivity index (χ1v) is 3.53. The number of nitrogens with two attached hydrogens (primary N) is 1. The Kier molecular flexibility index (Phi) is 3.10. The highest BCUT2D eigenvalue weighted by Gasteiger charge is 2.13. The second-order valence-corrected chi connectivity index (χ2v) is 2.34. The minimum absolute atomic E-state index is 0.550. The maximum atomic E-state index is 12.9. The molecule has 0 aromatic carbocycles. The fraction of sp³-hybridized carbons (Fsp3) is 0.286. The number of nitrogen functional groups attached to an aromatic ring is 1. The molecule has 0 radical (unpaired) electrons. The lowest BCUT2D eigenvalue weighted by atomic mass is 10.4. The molecule has 0 aliphatic heterocycles. The predicted octanol–water partition coefficient (Wildman–Crippen LogP) is 1.59. The van der Waals surface area contributed by atoms with E-state index in [0.717, 1.165) is 0 Å². The minimum Gasteiger partial charge on any atom is -0.484 e. The second kappa shape index (κ2) is 4.12. The summed E-state index contributed by atoms with van der Waals surface area (Å²) in [5.74, 6) is -3.63. The third-order valence-corrected chi connectivity index (χ3v) is 1.28. The first-order valence-electron chi connectivity index (χ1n) is 3.53. The van der Waals surface area contributed by atoms with Gasteiger partial charge in [-0.15, -0.1) is 0 Å². The number of rotatable bonds is 3. The lowest BCUT2D eigenvalue weighted by Crippen LogP contribution is -2.10. The Hall–Kier alpha value is -1.53. The highest BCUT2D eigenvalue weighted by atomic mass is 19.3. The van der Waals surface area contributed by atoms with Gasteiger partial charge in [0.1, 0.15) is 6.61 Å². The molecule has 0 fully saturated rings. The van der Waals surface area contributed by atoms with E-state index in [0.29, 0.717) is 6.07 Å². The number of pyridine rings is 1. The van der Waals surface area contributed by atoms with E-state index in [9.17, 15) is 17.6 Å². The van der Waals surface area contributed by atoms with Crippen LogP contribution >= 0.6 is 0 Å². The highest BCUT2D eigenvalue weighted by molar-refractivity contribution is 5.39. The quantitative estimate of drug-likeness (QED) is 0.608. The summed E-state index contributed by atoms with van der Waals surface area (Å²) in [5, 5.41) is 0. The molecule has 7 heteroatoms. The van der Waals surface area contributed by atoms with Crippen LogP contribution in [0.25, 0.3) is 0 Å². The molecule has 0 atom stereocenters. The van der Waals surface area contributed by atoms with E-state index in [4.69, 9.17) is 5.73 Å². The number of aromatic nitrogens is 1. The molecule has 2 N–H and O–H groups in total. The highest BCUT2D eigenvalue weighted by Crippen LogP contribution is 2.21. The summed E-state index contributed by atoms with van der Waals surface area (Å²) in [4.78, 5) is 2.93. The van der Waals surface area contributed by atoms with Crippen molar-refractivity contribution in [2.75, 3.05) is 12.3 Å². The van der Waals surface area contributed by atoms with E-state index < -0.39 is 36.4 Å². The number of anilines is 1. The molecule has 1 rings (SSSR count). The van der Waals surface area contributed by atoms with Gasteiger partial charge in [0.25, 0.3) is 6.43 Å². The van der Waals surface area contributed by atoms with Crippen LogP contribution in [0.1, 0.15) is 0 Å². The number of ether oxygens (including phenoxy) is 1. The molecule has 0 saturated heterocycles. The minimum atomic E-state index is -2.77. The van der Waals surface area contributed by atoms with E-state index in [1.807, 2.05) is 0 Å². The standard InChI is InChI=1S/C7H6F4N2O/c8-4(9)2-14-3-1-5(10)13-7(12)6(3)11/h1,4H,2H2,(H2,12,13). The Balaban J connectivity index is 2.85. The van der Waals surface area contributed by atoms with Gasteiger partial charge in [-0.05, 0) is 0 Å². The second-order valence-electron chi connectivity index (χ2n) is 2.34. The number of hydrogen-bond donors (Lipinski definition) is 1. The van der Waals surface area contributed by atoms with Gasteiger partial charge in [0.05, 0.1) is 0 Å². The van der Waals surface area contributed by atoms with Crippen molar-refractivity contribution in [3.05, 3.63) is 17.8 Å². The van der Waals surface area contributed by atoms with Crippen LogP contribution < -0.4 is 10.5 Å². The maximum Gasteiger partial charge on any atom is 0.272 e. The first-order chi connectivity index (χ1) is 6.50. The van der Waals surface area contributed by atoms with E-state index >= 15 is 0 Å². The van der Waals surface area contributed by atoms with Crippen molar-refractivity contribution < 1.29 is 22.3 Å². The van der Waals surface area contributed by atoms with Gasteiger partial charge in [-0.25, -0.2) is 8.78 Å². The Morgan fingerprint density at radius 3 is 2.64 bits per heavy atom. The van der Waals surface area contributed by atoms with Crippen LogP contribution in [0.3, 0.4) is 0 Å². The normalized spacial score (nSPS) is 10.6. The predicted molar refractivity (Wildman–Crippen MR) is 40.1 cm³/mol. The van der Waals surface area contributed by atoms with Crippen LogP contribution in [0.5, 0.6) is 5.75 Å². The van der Waals surface area contributed by atoms with Crippen LogP contribution in [0.2, 0.25) is 0 Å². The van der Waals surface area contributed by atoms with Gasteiger partial charge in [0, 0.05) is 6.07 Å². The fourth-order valence-electron chi connectivity index (χ4n) is 0.752. The summed E-state index contributed by atoms with van der Waals surface area (Å²) in [6.45, 7) is -1.03. The monoisotopic (exact) mass is 210 g/mol. The third-order valence-electron chi connectivity index (χ3n) is 1.28. The van der Waals surface area contributed by atoms with Crippen molar-refractivity contribution in [3.8, 4) is 5.75 Å². The molecule has 1 heterocycles.